The van der Waals surface area contributed by atoms with Crippen molar-refractivity contribution in [3.8, 4) is 5.88 Å². The van der Waals surface area contributed by atoms with Crippen molar-refractivity contribution in [1.29, 1.82) is 0 Å². The lowest BCUT2D eigenvalue weighted by Crippen LogP contribution is -2.40. The van der Waals surface area contributed by atoms with Crippen LogP contribution in [0.3, 0.4) is 0 Å². The van der Waals surface area contributed by atoms with Crippen LogP contribution in [0.4, 0.5) is 13.6 Å². The molecule has 1 heterocycles. The van der Waals surface area contributed by atoms with Gasteiger partial charge >= 0.3 is 17.9 Å². The number of aromatic nitrogens is 1. The Morgan fingerprint density at radius 1 is 1.21 bits per heavy atom. The third kappa shape index (κ3) is 8.88. The predicted octanol–water partition coefficient (Wildman–Crippen LogP) is 3.74. The van der Waals surface area contributed by atoms with Crippen LogP contribution in [0.2, 0.25) is 0 Å². The van der Waals surface area contributed by atoms with Gasteiger partial charge in [-0.3, -0.25) is 9.59 Å². The summed E-state index contributed by atoms with van der Waals surface area (Å²) < 4.78 is 44.4. The molecular weight excluding hydrogens is 414 g/mol. The Morgan fingerprint density at radius 3 is 2.24 bits per heavy atom. The Hall–Kier alpha value is -2.04. The third-order valence-electron chi connectivity index (χ3n) is 3.61. The zero-order chi connectivity index (χ0) is 22.2. The van der Waals surface area contributed by atoms with E-state index in [1.165, 1.54) is 32.5 Å². The highest BCUT2D eigenvalue weighted by molar-refractivity contribution is 6.62. The molecule has 1 aromatic heterocycles. The van der Waals surface area contributed by atoms with Gasteiger partial charge < -0.3 is 23.8 Å². The summed E-state index contributed by atoms with van der Waals surface area (Å²) in [5.41, 5.74) is -0.385. The van der Waals surface area contributed by atoms with Gasteiger partial charge in [-0.15, -0.1) is 0 Å². The number of rotatable bonds is 10. The first kappa shape index (κ1) is 25.0. The van der Waals surface area contributed by atoms with Crippen LogP contribution in [-0.2, 0) is 19.0 Å². The fourth-order valence-electron chi connectivity index (χ4n) is 2.43. The number of pyridine rings is 1. The van der Waals surface area contributed by atoms with Crippen molar-refractivity contribution in [2.75, 3.05) is 20.8 Å². The smallest absolute Gasteiger partial charge is 0.388 e. The standard InChI is InChI=1S/C18H25ClF2N2O6/c1-18(2,3)29-14(24)8-12(23(16(19)25)10-15(26-4)27-5)11-6-7-13(22-9-11)28-17(20)21/h6-7,9,12,15,17H,8,10H2,1-5H3/t12-/m0/s1. The normalized spacial score (nSPS) is 12.8. The molecule has 29 heavy (non-hydrogen) atoms. The molecule has 164 valence electrons. The van der Waals surface area contributed by atoms with E-state index in [1.54, 1.807) is 20.8 Å². The molecule has 0 saturated carbocycles. The van der Waals surface area contributed by atoms with Crippen molar-refractivity contribution in [1.82, 2.24) is 9.88 Å². The van der Waals surface area contributed by atoms with Gasteiger partial charge in [-0.1, -0.05) is 6.07 Å². The molecule has 1 aromatic rings. The summed E-state index contributed by atoms with van der Waals surface area (Å²) in [6.07, 6.45) is 0.147. The second kappa shape index (κ2) is 11.2. The number of carbonyl (C=O) groups is 2. The van der Waals surface area contributed by atoms with E-state index in [1.807, 2.05) is 0 Å². The minimum atomic E-state index is -3.03. The maximum atomic E-state index is 12.4. The summed E-state index contributed by atoms with van der Waals surface area (Å²) in [5, 5.41) is -0.870. The minimum Gasteiger partial charge on any atom is -0.460 e. The number of ether oxygens (including phenoxy) is 4. The van der Waals surface area contributed by atoms with Crippen molar-refractivity contribution in [2.24, 2.45) is 0 Å². The molecule has 8 nitrogen and oxygen atoms in total. The first-order valence-corrected chi connectivity index (χ1v) is 8.99. The average molecular weight is 439 g/mol. The molecule has 1 rings (SSSR count). The second-order valence-electron chi connectivity index (χ2n) is 6.92. The number of carbonyl (C=O) groups excluding carboxylic acids is 2. The second-order valence-corrected chi connectivity index (χ2v) is 7.24. The summed E-state index contributed by atoms with van der Waals surface area (Å²) in [6, 6.07) is 1.70. The van der Waals surface area contributed by atoms with Crippen molar-refractivity contribution >= 4 is 22.9 Å². The van der Waals surface area contributed by atoms with Gasteiger partial charge in [0, 0.05) is 26.5 Å². The lowest BCUT2D eigenvalue weighted by atomic mass is 10.0. The molecular formula is C18H25ClF2N2O6. The molecule has 0 aliphatic heterocycles. The fraction of sp³-hybridized carbons (Fsp3) is 0.611. The Labute approximate surface area is 173 Å². The number of hydrogen-bond donors (Lipinski definition) is 0. The molecule has 1 amide bonds. The molecule has 0 bridgehead atoms. The zero-order valence-corrected chi connectivity index (χ0v) is 17.6. The van der Waals surface area contributed by atoms with E-state index in [9.17, 15) is 18.4 Å². The highest BCUT2D eigenvalue weighted by Crippen LogP contribution is 2.28. The van der Waals surface area contributed by atoms with Crippen molar-refractivity contribution in [2.45, 2.75) is 51.7 Å². The van der Waals surface area contributed by atoms with Gasteiger partial charge in [0.25, 0.3) is 0 Å². The van der Waals surface area contributed by atoms with Crippen LogP contribution in [0.15, 0.2) is 18.3 Å². The molecule has 0 aliphatic rings. The van der Waals surface area contributed by atoms with Crippen LogP contribution in [0.5, 0.6) is 5.88 Å². The largest absolute Gasteiger partial charge is 0.460 e. The number of hydrogen-bond acceptors (Lipinski definition) is 7. The molecule has 1 atom stereocenters. The molecule has 0 radical (unpaired) electrons. The van der Waals surface area contributed by atoms with Crippen molar-refractivity contribution in [3.05, 3.63) is 23.9 Å². The number of alkyl halides is 2. The average Bonchev–Trinajstić information content (AvgIpc) is 2.59. The highest BCUT2D eigenvalue weighted by Gasteiger charge is 2.31. The van der Waals surface area contributed by atoms with Gasteiger partial charge in [0.1, 0.15) is 5.60 Å². The van der Waals surface area contributed by atoms with Gasteiger partial charge in [0.05, 0.1) is 19.0 Å². The van der Waals surface area contributed by atoms with Crippen LogP contribution in [-0.4, -0.2) is 60.5 Å². The highest BCUT2D eigenvalue weighted by atomic mass is 35.5. The summed E-state index contributed by atoms with van der Waals surface area (Å²) in [7, 11) is 2.76. The molecule has 11 heteroatoms. The zero-order valence-electron chi connectivity index (χ0n) is 16.9. The minimum absolute atomic E-state index is 0.0991. The summed E-state index contributed by atoms with van der Waals surface area (Å²) in [4.78, 5) is 29.4. The molecule has 0 N–H and O–H groups in total. The quantitative estimate of drug-likeness (QED) is 0.238. The number of methoxy groups -OCH3 is 2. The van der Waals surface area contributed by atoms with Crippen LogP contribution < -0.4 is 4.74 Å². The number of amides is 1. The summed E-state index contributed by atoms with van der Waals surface area (Å²) in [5.74, 6) is -0.903. The first-order valence-electron chi connectivity index (χ1n) is 8.61. The van der Waals surface area contributed by atoms with Gasteiger partial charge in [-0.2, -0.15) is 8.78 Å². The Bertz CT molecular complexity index is 665. The number of esters is 1. The first-order chi connectivity index (χ1) is 13.5. The van der Waals surface area contributed by atoms with Crippen molar-refractivity contribution in [3.63, 3.8) is 0 Å². The summed E-state index contributed by atoms with van der Waals surface area (Å²) in [6.45, 7) is 1.98. The molecule has 0 saturated heterocycles. The van der Waals surface area contributed by atoms with Gasteiger partial charge in [0.15, 0.2) is 6.29 Å². The topological polar surface area (TPSA) is 87.2 Å². The van der Waals surface area contributed by atoms with Crippen LogP contribution in [0.25, 0.3) is 0 Å². The lowest BCUT2D eigenvalue weighted by Gasteiger charge is -2.32. The van der Waals surface area contributed by atoms with Crippen LogP contribution >= 0.6 is 11.6 Å². The van der Waals surface area contributed by atoms with E-state index in [2.05, 4.69) is 9.72 Å². The van der Waals surface area contributed by atoms with Gasteiger partial charge in [-0.05, 0) is 37.9 Å². The Kier molecular flexibility index (Phi) is 9.67. The van der Waals surface area contributed by atoms with E-state index in [0.717, 1.165) is 4.90 Å². The monoisotopic (exact) mass is 438 g/mol. The number of nitrogens with zero attached hydrogens (tertiary/aromatic N) is 2. The third-order valence-corrected chi connectivity index (χ3v) is 3.82. The molecule has 0 fully saturated rings. The SMILES string of the molecule is COC(CN(C(=O)Cl)[C@@H](CC(=O)OC(C)(C)C)c1ccc(OC(F)F)nc1)OC. The van der Waals surface area contributed by atoms with Crippen LogP contribution in [0.1, 0.15) is 38.8 Å². The van der Waals surface area contributed by atoms with E-state index < -0.39 is 35.9 Å². The maximum Gasteiger partial charge on any atom is 0.388 e. The van der Waals surface area contributed by atoms with E-state index in [0.29, 0.717) is 5.56 Å². The summed E-state index contributed by atoms with van der Waals surface area (Å²) >= 11 is 5.74. The van der Waals surface area contributed by atoms with E-state index in [-0.39, 0.29) is 18.8 Å². The number of halogens is 3. The van der Waals surface area contributed by atoms with E-state index >= 15 is 0 Å². The lowest BCUT2D eigenvalue weighted by molar-refractivity contribution is -0.157. The molecule has 0 aromatic carbocycles. The van der Waals surface area contributed by atoms with Gasteiger partial charge in [0.2, 0.25) is 5.88 Å². The van der Waals surface area contributed by atoms with Crippen molar-refractivity contribution < 1.29 is 37.3 Å². The van der Waals surface area contributed by atoms with Gasteiger partial charge in [-0.25, -0.2) is 4.98 Å². The Balaban J connectivity index is 3.21. The predicted molar refractivity (Wildman–Crippen MR) is 99.8 cm³/mol. The molecule has 0 spiro atoms. The molecule has 0 aliphatic carbocycles. The maximum absolute atomic E-state index is 12.4. The fourth-order valence-corrected chi connectivity index (χ4v) is 2.61. The van der Waals surface area contributed by atoms with Crippen LogP contribution in [0, 0.1) is 0 Å². The van der Waals surface area contributed by atoms with E-state index in [4.69, 9.17) is 25.8 Å². The molecule has 0 unspecified atom stereocenters. The Morgan fingerprint density at radius 2 is 1.83 bits per heavy atom.